The number of para-hydroxylation sites is 2. The molecule has 0 aliphatic carbocycles. The number of benzene rings is 2. The van der Waals surface area contributed by atoms with Crippen molar-refractivity contribution in [3.63, 3.8) is 0 Å². The Morgan fingerprint density at radius 1 is 1.07 bits per heavy atom. The first-order chi connectivity index (χ1) is 13.2. The molecule has 0 spiro atoms. The van der Waals surface area contributed by atoms with E-state index in [1.54, 1.807) is 36.6 Å². The van der Waals surface area contributed by atoms with Gasteiger partial charge in [0.05, 0.1) is 31.1 Å². The number of rotatable bonds is 9. The molecule has 140 valence electrons. The third-order valence-electron chi connectivity index (χ3n) is 3.55. The van der Waals surface area contributed by atoms with Crippen LogP contribution in [0.25, 0.3) is 0 Å². The molecular weight excluding hydrogens is 340 g/mol. The van der Waals surface area contributed by atoms with E-state index in [0.717, 1.165) is 5.56 Å². The molecule has 0 fully saturated rings. The summed E-state index contributed by atoms with van der Waals surface area (Å²) < 4.78 is 5.55. The van der Waals surface area contributed by atoms with E-state index in [0.29, 0.717) is 36.7 Å². The Morgan fingerprint density at radius 3 is 2.56 bits per heavy atom. The first-order valence-electron chi connectivity index (χ1n) is 8.56. The highest BCUT2D eigenvalue weighted by atomic mass is 16.5. The Kier molecular flexibility index (Phi) is 8.33. The molecule has 2 aromatic carbocycles. The van der Waals surface area contributed by atoms with Crippen LogP contribution in [0.3, 0.4) is 0 Å². The van der Waals surface area contributed by atoms with E-state index >= 15 is 0 Å². The number of aliphatic imine (C=N–C) groups is 1. The Hall–Kier alpha value is -3.38. The molecule has 0 heterocycles. The van der Waals surface area contributed by atoms with Crippen molar-refractivity contribution in [2.75, 3.05) is 24.2 Å². The summed E-state index contributed by atoms with van der Waals surface area (Å²) in [5, 5.41) is 2.71. The van der Waals surface area contributed by atoms with Crippen molar-refractivity contribution in [3.05, 3.63) is 84.1 Å². The first-order valence-corrected chi connectivity index (χ1v) is 8.56. The SMILES string of the molecule is NC=C(C=NCCOCc1ccccc1)/C=C/C(=O)Nc1ccccc1N. The summed E-state index contributed by atoms with van der Waals surface area (Å²) in [6.07, 6.45) is 5.95. The largest absolute Gasteiger partial charge is 0.404 e. The number of nitrogens with two attached hydrogens (primary N) is 2. The number of hydrogen-bond acceptors (Lipinski definition) is 5. The van der Waals surface area contributed by atoms with E-state index in [-0.39, 0.29) is 5.91 Å². The van der Waals surface area contributed by atoms with Gasteiger partial charge in [0.1, 0.15) is 0 Å². The maximum atomic E-state index is 11.9. The van der Waals surface area contributed by atoms with E-state index in [1.165, 1.54) is 12.3 Å². The number of carbonyl (C=O) groups is 1. The molecule has 2 aromatic rings. The monoisotopic (exact) mass is 364 g/mol. The van der Waals surface area contributed by atoms with Crippen molar-refractivity contribution >= 4 is 23.5 Å². The number of hydrogen-bond donors (Lipinski definition) is 3. The number of allylic oxidation sites excluding steroid dienone is 2. The highest BCUT2D eigenvalue weighted by Crippen LogP contribution is 2.16. The van der Waals surface area contributed by atoms with E-state index < -0.39 is 0 Å². The molecule has 0 unspecified atom stereocenters. The van der Waals surface area contributed by atoms with Gasteiger partial charge >= 0.3 is 0 Å². The molecule has 5 N–H and O–H groups in total. The average molecular weight is 364 g/mol. The zero-order chi connectivity index (χ0) is 19.3. The van der Waals surface area contributed by atoms with Gasteiger partial charge in [0.2, 0.25) is 5.91 Å². The quantitative estimate of drug-likeness (QED) is 0.209. The van der Waals surface area contributed by atoms with Crippen LogP contribution >= 0.6 is 0 Å². The van der Waals surface area contributed by atoms with Crippen LogP contribution in [0.2, 0.25) is 0 Å². The molecular formula is C21H24N4O2. The number of nitrogens with one attached hydrogen (secondary N) is 1. The van der Waals surface area contributed by atoms with Gasteiger partial charge in [-0.15, -0.1) is 0 Å². The molecule has 0 saturated carbocycles. The number of carbonyl (C=O) groups excluding carboxylic acids is 1. The highest BCUT2D eigenvalue weighted by Gasteiger charge is 2.00. The minimum absolute atomic E-state index is 0.299. The summed E-state index contributed by atoms with van der Waals surface area (Å²) in [6.45, 7) is 1.56. The van der Waals surface area contributed by atoms with Gasteiger partial charge in [0, 0.05) is 24.1 Å². The highest BCUT2D eigenvalue weighted by molar-refractivity contribution is 6.02. The summed E-state index contributed by atoms with van der Waals surface area (Å²) >= 11 is 0. The Morgan fingerprint density at radius 2 is 1.81 bits per heavy atom. The summed E-state index contributed by atoms with van der Waals surface area (Å²) in [5.41, 5.74) is 14.2. The maximum absolute atomic E-state index is 11.9. The van der Waals surface area contributed by atoms with Gasteiger partial charge < -0.3 is 21.5 Å². The van der Waals surface area contributed by atoms with Crippen LogP contribution < -0.4 is 16.8 Å². The van der Waals surface area contributed by atoms with Crippen molar-refractivity contribution in [1.29, 1.82) is 0 Å². The van der Waals surface area contributed by atoms with Crippen molar-refractivity contribution < 1.29 is 9.53 Å². The minimum atomic E-state index is -0.299. The molecule has 0 aromatic heterocycles. The third-order valence-corrected chi connectivity index (χ3v) is 3.55. The van der Waals surface area contributed by atoms with E-state index in [2.05, 4.69) is 10.3 Å². The standard InChI is InChI=1S/C21H24N4O2/c22-14-18(10-11-21(26)25-20-9-5-4-8-19(20)23)15-24-12-13-27-16-17-6-2-1-3-7-17/h1-11,14-15H,12-13,16,22-23H2,(H,25,26)/b11-10+,18-14?,24-15?. The lowest BCUT2D eigenvalue weighted by atomic mass is 10.2. The lowest BCUT2D eigenvalue weighted by Gasteiger charge is -2.05. The Balaban J connectivity index is 1.72. The predicted octanol–water partition coefficient (Wildman–Crippen LogP) is 2.89. The zero-order valence-electron chi connectivity index (χ0n) is 15.0. The second kappa shape index (κ2) is 11.3. The minimum Gasteiger partial charge on any atom is -0.404 e. The maximum Gasteiger partial charge on any atom is 0.248 e. The number of nitrogens with zero attached hydrogens (tertiary/aromatic N) is 1. The Labute approximate surface area is 159 Å². The van der Waals surface area contributed by atoms with Gasteiger partial charge in [-0.2, -0.15) is 0 Å². The molecule has 27 heavy (non-hydrogen) atoms. The lowest BCUT2D eigenvalue weighted by Crippen LogP contribution is -2.09. The van der Waals surface area contributed by atoms with Crippen LogP contribution in [0.1, 0.15) is 5.56 Å². The topological polar surface area (TPSA) is 103 Å². The number of ether oxygens (including phenoxy) is 1. The summed E-state index contributed by atoms with van der Waals surface area (Å²) in [7, 11) is 0. The summed E-state index contributed by atoms with van der Waals surface area (Å²) in [5.74, 6) is -0.299. The van der Waals surface area contributed by atoms with Crippen LogP contribution in [-0.2, 0) is 16.1 Å². The fourth-order valence-electron chi connectivity index (χ4n) is 2.15. The third kappa shape index (κ3) is 7.58. The molecule has 0 radical (unpaired) electrons. The molecule has 6 heteroatoms. The second-order valence-electron chi connectivity index (χ2n) is 5.65. The van der Waals surface area contributed by atoms with E-state index in [4.69, 9.17) is 16.2 Å². The molecule has 0 saturated heterocycles. The molecule has 0 aliphatic rings. The van der Waals surface area contributed by atoms with Crippen LogP contribution in [0, 0.1) is 0 Å². The van der Waals surface area contributed by atoms with Crippen LogP contribution in [0.5, 0.6) is 0 Å². The average Bonchev–Trinajstić information content (AvgIpc) is 2.69. The van der Waals surface area contributed by atoms with Gasteiger partial charge in [0.25, 0.3) is 0 Å². The van der Waals surface area contributed by atoms with Crippen molar-refractivity contribution in [2.24, 2.45) is 10.7 Å². The van der Waals surface area contributed by atoms with E-state index in [1.807, 2.05) is 30.3 Å². The predicted molar refractivity (Wildman–Crippen MR) is 110 cm³/mol. The molecule has 1 amide bonds. The summed E-state index contributed by atoms with van der Waals surface area (Å²) in [4.78, 5) is 16.2. The van der Waals surface area contributed by atoms with Gasteiger partial charge in [-0.25, -0.2) is 0 Å². The molecule has 0 bridgehead atoms. The number of amides is 1. The molecule has 2 rings (SSSR count). The Bertz CT molecular complexity index is 814. The fourth-order valence-corrected chi connectivity index (χ4v) is 2.15. The number of anilines is 2. The van der Waals surface area contributed by atoms with Gasteiger partial charge in [0.15, 0.2) is 0 Å². The fraction of sp³-hybridized carbons (Fsp3) is 0.143. The molecule has 6 nitrogen and oxygen atoms in total. The van der Waals surface area contributed by atoms with Gasteiger partial charge in [-0.1, -0.05) is 42.5 Å². The van der Waals surface area contributed by atoms with Crippen LogP contribution in [0.4, 0.5) is 11.4 Å². The molecule has 0 aliphatic heterocycles. The van der Waals surface area contributed by atoms with Crippen molar-refractivity contribution in [2.45, 2.75) is 6.61 Å². The smallest absolute Gasteiger partial charge is 0.248 e. The number of nitrogen functional groups attached to an aromatic ring is 1. The van der Waals surface area contributed by atoms with E-state index in [9.17, 15) is 4.79 Å². The van der Waals surface area contributed by atoms with Crippen molar-refractivity contribution in [3.8, 4) is 0 Å². The zero-order valence-corrected chi connectivity index (χ0v) is 15.0. The van der Waals surface area contributed by atoms with Gasteiger partial charge in [-0.05, 0) is 23.8 Å². The molecule has 0 atom stereocenters. The second-order valence-corrected chi connectivity index (χ2v) is 5.65. The van der Waals surface area contributed by atoms with Crippen LogP contribution in [0.15, 0.2) is 83.5 Å². The van der Waals surface area contributed by atoms with Gasteiger partial charge in [-0.3, -0.25) is 9.79 Å². The van der Waals surface area contributed by atoms with Crippen molar-refractivity contribution in [1.82, 2.24) is 0 Å². The lowest BCUT2D eigenvalue weighted by molar-refractivity contribution is -0.111. The first kappa shape index (κ1) is 19.9. The van der Waals surface area contributed by atoms with Crippen LogP contribution in [-0.4, -0.2) is 25.3 Å². The summed E-state index contributed by atoms with van der Waals surface area (Å²) in [6, 6.07) is 17.0. The normalized spacial score (nSPS) is 11.9.